The van der Waals surface area contributed by atoms with E-state index in [9.17, 15) is 10.1 Å². The zero-order valence-corrected chi connectivity index (χ0v) is 14.8. The molecule has 0 radical (unpaired) electrons. The van der Waals surface area contributed by atoms with Crippen LogP contribution in [0.15, 0.2) is 66.4 Å². The van der Waals surface area contributed by atoms with Crippen molar-refractivity contribution >= 4 is 12.0 Å². The van der Waals surface area contributed by atoms with Crippen molar-refractivity contribution in [3.05, 3.63) is 77.5 Å². The Bertz CT molecular complexity index is 983. The number of hydrogen-bond acceptors (Lipinski definition) is 4. The molecular formula is C21H18N4O2. The topological polar surface area (TPSA) is 90.8 Å². The van der Waals surface area contributed by atoms with Crippen molar-refractivity contribution in [2.24, 2.45) is 0 Å². The van der Waals surface area contributed by atoms with Crippen LogP contribution in [0.4, 0.5) is 0 Å². The fraction of sp³-hybridized carbons (Fsp3) is 0.0952. The standard InChI is InChI=1S/C21H18N4O2/c1-27-19-9-7-16(8-10-19)20-18(14-24-25-20)11-17(12-22)21(26)23-13-15-5-3-2-4-6-15/h2-11,14H,13H2,1H3,(H,23,26)(H,24,25). The summed E-state index contributed by atoms with van der Waals surface area (Å²) in [6, 6.07) is 18.9. The fourth-order valence-corrected chi connectivity index (χ4v) is 2.57. The predicted octanol–water partition coefficient (Wildman–Crippen LogP) is 3.31. The molecule has 1 heterocycles. The largest absolute Gasteiger partial charge is 0.497 e. The van der Waals surface area contributed by atoms with Gasteiger partial charge >= 0.3 is 0 Å². The summed E-state index contributed by atoms with van der Waals surface area (Å²) in [6.07, 6.45) is 3.12. The summed E-state index contributed by atoms with van der Waals surface area (Å²) in [5.41, 5.74) is 3.24. The molecule has 6 nitrogen and oxygen atoms in total. The summed E-state index contributed by atoms with van der Waals surface area (Å²) in [4.78, 5) is 12.4. The monoisotopic (exact) mass is 358 g/mol. The number of benzene rings is 2. The van der Waals surface area contributed by atoms with Gasteiger partial charge in [0.1, 0.15) is 17.4 Å². The van der Waals surface area contributed by atoms with E-state index in [1.807, 2.05) is 60.7 Å². The van der Waals surface area contributed by atoms with Gasteiger partial charge in [-0.2, -0.15) is 10.4 Å². The molecule has 6 heteroatoms. The molecule has 0 saturated carbocycles. The van der Waals surface area contributed by atoms with Gasteiger partial charge in [0.2, 0.25) is 0 Å². The molecule has 2 N–H and O–H groups in total. The molecule has 3 aromatic rings. The van der Waals surface area contributed by atoms with Crippen molar-refractivity contribution in [1.29, 1.82) is 5.26 Å². The Kier molecular flexibility index (Phi) is 5.65. The van der Waals surface area contributed by atoms with E-state index in [0.717, 1.165) is 22.6 Å². The molecule has 0 atom stereocenters. The van der Waals surface area contributed by atoms with Crippen LogP contribution in [0.1, 0.15) is 11.1 Å². The van der Waals surface area contributed by atoms with Gasteiger partial charge < -0.3 is 10.1 Å². The SMILES string of the molecule is COc1ccc(-c2[nH]ncc2C=C(C#N)C(=O)NCc2ccccc2)cc1. The number of carbonyl (C=O) groups excluding carboxylic acids is 1. The maximum Gasteiger partial charge on any atom is 0.262 e. The van der Waals surface area contributed by atoms with Gasteiger partial charge in [-0.15, -0.1) is 0 Å². The van der Waals surface area contributed by atoms with Gasteiger partial charge in [0, 0.05) is 17.7 Å². The first kappa shape index (κ1) is 18.0. The van der Waals surface area contributed by atoms with E-state index >= 15 is 0 Å². The second-order valence-corrected chi connectivity index (χ2v) is 5.77. The molecule has 1 amide bonds. The molecule has 0 aliphatic carbocycles. The summed E-state index contributed by atoms with van der Waals surface area (Å²) < 4.78 is 5.16. The fourth-order valence-electron chi connectivity index (χ4n) is 2.57. The number of ether oxygens (including phenoxy) is 1. The minimum absolute atomic E-state index is 0.0158. The highest BCUT2D eigenvalue weighted by Crippen LogP contribution is 2.25. The Morgan fingerprint density at radius 3 is 2.63 bits per heavy atom. The Morgan fingerprint density at radius 2 is 1.96 bits per heavy atom. The maximum atomic E-state index is 12.4. The lowest BCUT2D eigenvalue weighted by Gasteiger charge is -2.05. The maximum absolute atomic E-state index is 12.4. The van der Waals surface area contributed by atoms with Gasteiger partial charge in [0.05, 0.1) is 19.0 Å². The number of nitriles is 1. The van der Waals surface area contributed by atoms with Crippen LogP contribution in [0, 0.1) is 11.3 Å². The lowest BCUT2D eigenvalue weighted by Crippen LogP contribution is -2.23. The first-order valence-electron chi connectivity index (χ1n) is 8.33. The predicted molar refractivity (Wildman–Crippen MR) is 102 cm³/mol. The van der Waals surface area contributed by atoms with Crippen molar-refractivity contribution in [2.45, 2.75) is 6.54 Å². The molecule has 0 bridgehead atoms. The molecule has 134 valence electrons. The number of nitrogens with zero attached hydrogens (tertiary/aromatic N) is 2. The molecule has 3 rings (SSSR count). The van der Waals surface area contributed by atoms with Gasteiger partial charge in [-0.25, -0.2) is 0 Å². The smallest absolute Gasteiger partial charge is 0.262 e. The minimum Gasteiger partial charge on any atom is -0.497 e. The van der Waals surface area contributed by atoms with Crippen LogP contribution in [0.3, 0.4) is 0 Å². The van der Waals surface area contributed by atoms with Crippen molar-refractivity contribution in [3.63, 3.8) is 0 Å². The first-order chi connectivity index (χ1) is 13.2. The van der Waals surface area contributed by atoms with E-state index in [2.05, 4.69) is 15.5 Å². The third-order valence-corrected chi connectivity index (χ3v) is 4.01. The zero-order chi connectivity index (χ0) is 19.1. The molecule has 1 aromatic heterocycles. The molecule has 0 saturated heterocycles. The van der Waals surface area contributed by atoms with E-state index < -0.39 is 5.91 Å². The number of methoxy groups -OCH3 is 1. The number of aromatic nitrogens is 2. The van der Waals surface area contributed by atoms with Gasteiger partial charge in [-0.1, -0.05) is 30.3 Å². The highest BCUT2D eigenvalue weighted by Gasteiger charge is 2.12. The average molecular weight is 358 g/mol. The number of amides is 1. The van der Waals surface area contributed by atoms with E-state index in [-0.39, 0.29) is 5.57 Å². The highest BCUT2D eigenvalue weighted by molar-refractivity contribution is 6.02. The Morgan fingerprint density at radius 1 is 1.22 bits per heavy atom. The lowest BCUT2D eigenvalue weighted by atomic mass is 10.1. The molecule has 2 aromatic carbocycles. The Hall–Kier alpha value is -3.85. The van der Waals surface area contributed by atoms with E-state index in [1.54, 1.807) is 13.3 Å². The number of nitrogens with one attached hydrogen (secondary N) is 2. The first-order valence-corrected chi connectivity index (χ1v) is 8.33. The van der Waals surface area contributed by atoms with Crippen LogP contribution in [0.5, 0.6) is 5.75 Å². The Balaban J connectivity index is 1.78. The lowest BCUT2D eigenvalue weighted by molar-refractivity contribution is -0.117. The average Bonchev–Trinajstić information content (AvgIpc) is 3.19. The van der Waals surface area contributed by atoms with Crippen molar-refractivity contribution in [2.75, 3.05) is 7.11 Å². The van der Waals surface area contributed by atoms with Gasteiger partial charge in [-0.05, 0) is 35.9 Å². The summed E-state index contributed by atoms with van der Waals surface area (Å²) in [7, 11) is 1.60. The second kappa shape index (κ2) is 8.50. The van der Waals surface area contributed by atoms with Crippen LogP contribution in [-0.2, 0) is 11.3 Å². The Labute approximate surface area is 157 Å². The minimum atomic E-state index is -0.428. The summed E-state index contributed by atoms with van der Waals surface area (Å²) in [6.45, 7) is 0.357. The van der Waals surface area contributed by atoms with Gasteiger partial charge in [0.15, 0.2) is 0 Å². The van der Waals surface area contributed by atoms with Crippen molar-refractivity contribution in [1.82, 2.24) is 15.5 Å². The van der Waals surface area contributed by atoms with Gasteiger partial charge in [0.25, 0.3) is 5.91 Å². The summed E-state index contributed by atoms with van der Waals surface area (Å²) >= 11 is 0. The van der Waals surface area contributed by atoms with Crippen LogP contribution in [-0.4, -0.2) is 23.2 Å². The van der Waals surface area contributed by atoms with Crippen molar-refractivity contribution in [3.8, 4) is 23.1 Å². The van der Waals surface area contributed by atoms with Crippen LogP contribution >= 0.6 is 0 Å². The van der Waals surface area contributed by atoms with Gasteiger partial charge in [-0.3, -0.25) is 9.89 Å². The molecule has 0 aliphatic heterocycles. The molecule has 0 unspecified atom stereocenters. The van der Waals surface area contributed by atoms with Crippen molar-refractivity contribution < 1.29 is 9.53 Å². The number of carbonyl (C=O) groups is 1. The van der Waals surface area contributed by atoms with E-state index in [1.165, 1.54) is 6.08 Å². The molecular weight excluding hydrogens is 340 g/mol. The highest BCUT2D eigenvalue weighted by atomic mass is 16.5. The molecule has 0 fully saturated rings. The number of hydrogen-bond donors (Lipinski definition) is 2. The normalized spacial score (nSPS) is 10.9. The molecule has 0 aliphatic rings. The third-order valence-electron chi connectivity index (χ3n) is 4.01. The number of aromatic amines is 1. The van der Waals surface area contributed by atoms with Crippen LogP contribution < -0.4 is 10.1 Å². The van der Waals surface area contributed by atoms with E-state index in [0.29, 0.717) is 12.1 Å². The van der Waals surface area contributed by atoms with Crippen LogP contribution in [0.2, 0.25) is 0 Å². The third kappa shape index (κ3) is 4.41. The summed E-state index contributed by atoms with van der Waals surface area (Å²) in [5.74, 6) is 0.316. The molecule has 0 spiro atoms. The second-order valence-electron chi connectivity index (χ2n) is 5.77. The number of H-pyrrole nitrogens is 1. The molecule has 27 heavy (non-hydrogen) atoms. The number of rotatable bonds is 6. The van der Waals surface area contributed by atoms with Crippen LogP contribution in [0.25, 0.3) is 17.3 Å². The quantitative estimate of drug-likeness (QED) is 0.522. The zero-order valence-electron chi connectivity index (χ0n) is 14.8. The van der Waals surface area contributed by atoms with E-state index in [4.69, 9.17) is 4.74 Å². The summed E-state index contributed by atoms with van der Waals surface area (Å²) in [5, 5.41) is 19.1.